The largest absolute Gasteiger partial charge is 0.472 e. The van der Waals surface area contributed by atoms with Crippen LogP contribution in [0.15, 0.2) is 60.9 Å². The molecule has 0 amide bonds. The van der Waals surface area contributed by atoms with E-state index in [9.17, 15) is 13.2 Å². The molecular weight excluding hydrogens is 381 g/mol. The van der Waals surface area contributed by atoms with Gasteiger partial charge in [-0.25, -0.2) is 4.98 Å². The van der Waals surface area contributed by atoms with Crippen LogP contribution in [0.3, 0.4) is 0 Å². The van der Waals surface area contributed by atoms with Gasteiger partial charge < -0.3 is 15.4 Å². The van der Waals surface area contributed by atoms with Crippen molar-refractivity contribution in [2.75, 3.05) is 23.7 Å². The van der Waals surface area contributed by atoms with E-state index in [-0.39, 0.29) is 12.0 Å². The number of pyridine rings is 2. The Morgan fingerprint density at radius 2 is 1.83 bits per heavy atom. The van der Waals surface area contributed by atoms with Gasteiger partial charge in [-0.1, -0.05) is 30.3 Å². The average molecular weight is 400 g/mol. The van der Waals surface area contributed by atoms with Crippen LogP contribution in [0.5, 0.6) is 5.88 Å². The van der Waals surface area contributed by atoms with Crippen molar-refractivity contribution in [3.63, 3.8) is 0 Å². The maximum absolute atomic E-state index is 12.6. The van der Waals surface area contributed by atoms with Crippen LogP contribution in [-0.4, -0.2) is 29.2 Å². The van der Waals surface area contributed by atoms with Crippen molar-refractivity contribution in [1.29, 1.82) is 0 Å². The Morgan fingerprint density at radius 3 is 2.48 bits per heavy atom. The van der Waals surface area contributed by atoms with E-state index in [4.69, 9.17) is 10.5 Å². The predicted octanol–water partition coefficient (Wildman–Crippen LogP) is 4.40. The number of aromatic nitrogens is 2. The molecule has 1 saturated heterocycles. The Bertz CT molecular complexity index is 977. The summed E-state index contributed by atoms with van der Waals surface area (Å²) in [6.45, 7) is 1.27. The molecule has 8 heteroatoms. The van der Waals surface area contributed by atoms with E-state index in [0.29, 0.717) is 25.2 Å². The highest BCUT2D eigenvalue weighted by Crippen LogP contribution is 2.32. The molecule has 1 unspecified atom stereocenters. The third kappa shape index (κ3) is 4.26. The fraction of sp³-hybridized carbons (Fsp3) is 0.238. The molecule has 0 radical (unpaired) electrons. The van der Waals surface area contributed by atoms with Crippen molar-refractivity contribution in [2.24, 2.45) is 0 Å². The first kappa shape index (κ1) is 19.0. The first-order valence-electron chi connectivity index (χ1n) is 9.16. The summed E-state index contributed by atoms with van der Waals surface area (Å²) in [4.78, 5) is 10.3. The predicted molar refractivity (Wildman–Crippen MR) is 105 cm³/mol. The average Bonchev–Trinajstić information content (AvgIpc) is 3.16. The number of nitrogens with two attached hydrogens (primary N) is 1. The molecule has 4 rings (SSSR count). The second kappa shape index (κ2) is 7.62. The Labute approximate surface area is 166 Å². The van der Waals surface area contributed by atoms with E-state index in [2.05, 4.69) is 14.9 Å². The van der Waals surface area contributed by atoms with Gasteiger partial charge in [-0.3, -0.25) is 4.98 Å². The lowest BCUT2D eigenvalue weighted by Crippen LogP contribution is -2.25. The second-order valence-electron chi connectivity index (χ2n) is 6.85. The lowest BCUT2D eigenvalue weighted by atomic mass is 10.1. The summed E-state index contributed by atoms with van der Waals surface area (Å²) in [5, 5.41) is 0. The Morgan fingerprint density at radius 1 is 1.03 bits per heavy atom. The van der Waals surface area contributed by atoms with Gasteiger partial charge in [-0.2, -0.15) is 13.2 Å². The highest BCUT2D eigenvalue weighted by molar-refractivity contribution is 5.73. The molecule has 150 valence electrons. The fourth-order valence-electron chi connectivity index (χ4n) is 3.33. The van der Waals surface area contributed by atoms with Crippen molar-refractivity contribution < 1.29 is 17.9 Å². The smallest absolute Gasteiger partial charge is 0.417 e. The Hall–Kier alpha value is -3.29. The summed E-state index contributed by atoms with van der Waals surface area (Å²) in [7, 11) is 0. The van der Waals surface area contributed by atoms with Gasteiger partial charge in [0.2, 0.25) is 5.88 Å². The third-order valence-electron chi connectivity index (χ3n) is 4.82. The monoisotopic (exact) mass is 400 g/mol. The van der Waals surface area contributed by atoms with Gasteiger partial charge in [0.05, 0.1) is 35.4 Å². The molecule has 3 aromatic rings. The number of hydrogen-bond donors (Lipinski definition) is 1. The van der Waals surface area contributed by atoms with Crippen LogP contribution < -0.4 is 15.4 Å². The summed E-state index contributed by atoms with van der Waals surface area (Å²) in [5.41, 5.74) is 8.68. The highest BCUT2D eigenvalue weighted by Gasteiger charge is 2.31. The molecular formula is C21H19F3N4O. The summed E-state index contributed by atoms with van der Waals surface area (Å²) in [5.74, 6) is 0.176. The number of rotatable bonds is 4. The molecule has 1 aliphatic rings. The standard InChI is InChI=1S/C21H19F3N4O/c22-21(23,24)15-6-7-20(27-11-15)29-16-8-9-28(13-16)19-12-26-18(10-17(19)25)14-4-2-1-3-5-14/h1-7,10-12,16H,8-9,13H2,(H2,25,26). The third-order valence-corrected chi connectivity index (χ3v) is 4.82. The van der Waals surface area contributed by atoms with Crippen molar-refractivity contribution in [3.05, 3.63) is 66.5 Å². The first-order chi connectivity index (χ1) is 13.9. The zero-order chi connectivity index (χ0) is 20.4. The molecule has 1 fully saturated rings. The number of hydrogen-bond acceptors (Lipinski definition) is 5. The molecule has 1 atom stereocenters. The quantitative estimate of drug-likeness (QED) is 0.703. The summed E-state index contributed by atoms with van der Waals surface area (Å²) < 4.78 is 43.6. The van der Waals surface area contributed by atoms with E-state index in [1.807, 2.05) is 36.4 Å². The normalized spacial score (nSPS) is 16.8. The van der Waals surface area contributed by atoms with Crippen LogP contribution in [0, 0.1) is 0 Å². The van der Waals surface area contributed by atoms with Crippen LogP contribution in [-0.2, 0) is 6.18 Å². The number of benzene rings is 1. The summed E-state index contributed by atoms with van der Waals surface area (Å²) in [6, 6.07) is 13.8. The molecule has 1 aliphatic heterocycles. The molecule has 2 aromatic heterocycles. The Kier molecular flexibility index (Phi) is 5.00. The molecule has 1 aromatic carbocycles. The van der Waals surface area contributed by atoms with Crippen LogP contribution in [0.25, 0.3) is 11.3 Å². The van der Waals surface area contributed by atoms with Gasteiger partial charge in [-0.15, -0.1) is 0 Å². The summed E-state index contributed by atoms with van der Waals surface area (Å²) in [6.07, 6.45) is -1.36. The second-order valence-corrected chi connectivity index (χ2v) is 6.85. The zero-order valence-corrected chi connectivity index (χ0v) is 15.4. The number of halogens is 3. The van der Waals surface area contributed by atoms with Gasteiger partial charge in [0, 0.05) is 30.8 Å². The number of ether oxygens (including phenoxy) is 1. The zero-order valence-electron chi connectivity index (χ0n) is 15.4. The van der Waals surface area contributed by atoms with E-state index in [1.165, 1.54) is 6.07 Å². The van der Waals surface area contributed by atoms with Gasteiger partial charge in [0.1, 0.15) is 6.10 Å². The van der Waals surface area contributed by atoms with Crippen LogP contribution in [0.4, 0.5) is 24.5 Å². The van der Waals surface area contributed by atoms with Crippen molar-refractivity contribution >= 4 is 11.4 Å². The van der Waals surface area contributed by atoms with Crippen LogP contribution >= 0.6 is 0 Å². The molecule has 3 heterocycles. The minimum Gasteiger partial charge on any atom is -0.472 e. The lowest BCUT2D eigenvalue weighted by molar-refractivity contribution is -0.137. The van der Waals surface area contributed by atoms with Gasteiger partial charge in [-0.05, 0) is 12.1 Å². The van der Waals surface area contributed by atoms with Crippen LogP contribution in [0.2, 0.25) is 0 Å². The lowest BCUT2D eigenvalue weighted by Gasteiger charge is -2.20. The maximum atomic E-state index is 12.6. The number of anilines is 2. The van der Waals surface area contributed by atoms with Crippen molar-refractivity contribution in [1.82, 2.24) is 9.97 Å². The number of nitrogens with zero attached hydrogens (tertiary/aromatic N) is 3. The SMILES string of the molecule is Nc1cc(-c2ccccc2)ncc1N1CCC(Oc2ccc(C(F)(F)F)cn2)C1. The van der Waals surface area contributed by atoms with E-state index >= 15 is 0 Å². The minimum atomic E-state index is -4.41. The van der Waals surface area contributed by atoms with Gasteiger partial charge >= 0.3 is 6.18 Å². The molecule has 0 spiro atoms. The van der Waals surface area contributed by atoms with E-state index in [1.54, 1.807) is 6.20 Å². The fourth-order valence-corrected chi connectivity index (χ4v) is 3.33. The molecule has 0 aliphatic carbocycles. The highest BCUT2D eigenvalue weighted by atomic mass is 19.4. The number of nitrogen functional groups attached to an aromatic ring is 1. The van der Waals surface area contributed by atoms with Crippen molar-refractivity contribution in [2.45, 2.75) is 18.7 Å². The number of alkyl halides is 3. The van der Waals surface area contributed by atoms with Gasteiger partial charge in [0.25, 0.3) is 0 Å². The molecule has 0 saturated carbocycles. The molecule has 0 bridgehead atoms. The summed E-state index contributed by atoms with van der Waals surface area (Å²) >= 11 is 0. The van der Waals surface area contributed by atoms with E-state index in [0.717, 1.165) is 29.2 Å². The molecule has 5 nitrogen and oxygen atoms in total. The molecule has 29 heavy (non-hydrogen) atoms. The molecule has 2 N–H and O–H groups in total. The van der Waals surface area contributed by atoms with Gasteiger partial charge in [0.15, 0.2) is 0 Å². The van der Waals surface area contributed by atoms with Crippen LogP contribution in [0.1, 0.15) is 12.0 Å². The van der Waals surface area contributed by atoms with E-state index < -0.39 is 11.7 Å². The minimum absolute atomic E-state index is 0.176. The first-order valence-corrected chi connectivity index (χ1v) is 9.16. The maximum Gasteiger partial charge on any atom is 0.417 e. The topological polar surface area (TPSA) is 64.3 Å². The Balaban J connectivity index is 1.42. The van der Waals surface area contributed by atoms with Crippen molar-refractivity contribution in [3.8, 4) is 17.1 Å².